The van der Waals surface area contributed by atoms with E-state index in [9.17, 15) is 0 Å². The van der Waals surface area contributed by atoms with Gasteiger partial charge in [-0.3, -0.25) is 4.90 Å². The number of hydrogen-bond acceptors (Lipinski definition) is 5. The zero-order chi connectivity index (χ0) is 13.8. The highest BCUT2D eigenvalue weighted by atomic mass is 16.5. The number of nitrogens with zero attached hydrogens (tertiary/aromatic N) is 3. The lowest BCUT2D eigenvalue weighted by Crippen LogP contribution is -2.28. The van der Waals surface area contributed by atoms with Crippen LogP contribution in [0.25, 0.3) is 0 Å². The maximum absolute atomic E-state index is 5.61. The molecule has 2 heterocycles. The van der Waals surface area contributed by atoms with Crippen molar-refractivity contribution in [2.45, 2.75) is 32.2 Å². The topological polar surface area (TPSA) is 50.3 Å². The van der Waals surface area contributed by atoms with Gasteiger partial charge in [0.2, 0.25) is 0 Å². The van der Waals surface area contributed by atoms with Gasteiger partial charge in [-0.25, -0.2) is 9.97 Å². The zero-order valence-electron chi connectivity index (χ0n) is 12.3. The van der Waals surface area contributed by atoms with Crippen molar-refractivity contribution in [2.75, 3.05) is 33.8 Å². The minimum absolute atomic E-state index is 0.297. The van der Waals surface area contributed by atoms with Gasteiger partial charge in [-0.2, -0.15) is 0 Å². The predicted octanol–water partition coefficient (Wildman–Crippen LogP) is 1.57. The number of aromatic nitrogens is 2. The molecule has 1 unspecified atom stereocenters. The quantitative estimate of drug-likeness (QED) is 0.898. The molecule has 1 saturated heterocycles. The first kappa shape index (κ1) is 14.2. The van der Waals surface area contributed by atoms with Crippen molar-refractivity contribution in [3.05, 3.63) is 17.7 Å². The van der Waals surface area contributed by atoms with E-state index in [0.717, 1.165) is 43.2 Å². The second kappa shape index (κ2) is 6.30. The Bertz CT molecular complexity index is 422. The predicted molar refractivity (Wildman–Crippen MR) is 75.5 cm³/mol. The summed E-state index contributed by atoms with van der Waals surface area (Å²) in [5.74, 6) is 1.20. The Balaban J connectivity index is 2.39. The fourth-order valence-electron chi connectivity index (χ4n) is 2.60. The third kappa shape index (κ3) is 3.04. The Hall–Kier alpha value is -1.20. The standard InChI is InChI=1S/C14H24N4O/c1-10(2)12-14(19-4)13(17-9-16-12)11-5-6-15-7-8-18(11)3/h9-11,15H,5-8H2,1-4H3. The summed E-state index contributed by atoms with van der Waals surface area (Å²) >= 11 is 0. The van der Waals surface area contributed by atoms with Crippen molar-refractivity contribution >= 4 is 0 Å². The Morgan fingerprint density at radius 1 is 1.37 bits per heavy atom. The Labute approximate surface area is 115 Å². The van der Waals surface area contributed by atoms with Gasteiger partial charge in [0.25, 0.3) is 0 Å². The Morgan fingerprint density at radius 2 is 2.16 bits per heavy atom. The van der Waals surface area contributed by atoms with Crippen molar-refractivity contribution < 1.29 is 4.74 Å². The minimum atomic E-state index is 0.297. The lowest BCUT2D eigenvalue weighted by Gasteiger charge is -2.26. The van der Waals surface area contributed by atoms with Gasteiger partial charge in [-0.15, -0.1) is 0 Å². The normalized spacial score (nSPS) is 21.4. The molecule has 19 heavy (non-hydrogen) atoms. The van der Waals surface area contributed by atoms with Crippen LogP contribution in [0.5, 0.6) is 5.75 Å². The summed E-state index contributed by atoms with van der Waals surface area (Å²) in [4.78, 5) is 11.2. The van der Waals surface area contributed by atoms with Crippen molar-refractivity contribution in [3.8, 4) is 5.75 Å². The van der Waals surface area contributed by atoms with E-state index in [1.165, 1.54) is 0 Å². The molecule has 1 aliphatic heterocycles. The molecule has 0 radical (unpaired) electrons. The molecule has 1 aliphatic rings. The Kier molecular flexibility index (Phi) is 4.71. The highest BCUT2D eigenvalue weighted by Crippen LogP contribution is 2.34. The van der Waals surface area contributed by atoms with Crippen LogP contribution >= 0.6 is 0 Å². The first-order valence-corrected chi connectivity index (χ1v) is 6.95. The van der Waals surface area contributed by atoms with Crippen molar-refractivity contribution in [3.63, 3.8) is 0 Å². The SMILES string of the molecule is COc1c(C(C)C)ncnc1C1CCNCCN1C. The molecule has 0 spiro atoms. The number of nitrogens with one attached hydrogen (secondary N) is 1. The second-order valence-electron chi connectivity index (χ2n) is 5.37. The molecule has 0 aromatic carbocycles. The molecule has 0 bridgehead atoms. The molecule has 1 atom stereocenters. The van der Waals surface area contributed by atoms with Crippen LogP contribution in [0, 0.1) is 0 Å². The third-order valence-electron chi connectivity index (χ3n) is 3.69. The summed E-state index contributed by atoms with van der Waals surface area (Å²) in [6, 6.07) is 0.297. The van der Waals surface area contributed by atoms with Crippen LogP contribution in [0.15, 0.2) is 6.33 Å². The molecule has 1 aromatic rings. The molecule has 1 aromatic heterocycles. The summed E-state index contributed by atoms with van der Waals surface area (Å²) in [5, 5.41) is 3.43. The molecular formula is C14H24N4O. The van der Waals surface area contributed by atoms with E-state index >= 15 is 0 Å². The lowest BCUT2D eigenvalue weighted by molar-refractivity contribution is 0.244. The number of ether oxygens (including phenoxy) is 1. The van der Waals surface area contributed by atoms with Gasteiger partial charge in [0, 0.05) is 13.1 Å². The minimum Gasteiger partial charge on any atom is -0.493 e. The van der Waals surface area contributed by atoms with Crippen LogP contribution in [-0.2, 0) is 0 Å². The van der Waals surface area contributed by atoms with Gasteiger partial charge in [0.1, 0.15) is 12.0 Å². The molecule has 0 aliphatic carbocycles. The molecular weight excluding hydrogens is 240 g/mol. The molecule has 0 amide bonds. The number of rotatable bonds is 3. The number of methoxy groups -OCH3 is 1. The van der Waals surface area contributed by atoms with Crippen molar-refractivity contribution in [1.29, 1.82) is 0 Å². The van der Waals surface area contributed by atoms with Crippen LogP contribution in [-0.4, -0.2) is 48.7 Å². The molecule has 106 valence electrons. The maximum Gasteiger partial charge on any atom is 0.163 e. The highest BCUT2D eigenvalue weighted by molar-refractivity contribution is 5.36. The Morgan fingerprint density at radius 3 is 2.84 bits per heavy atom. The van der Waals surface area contributed by atoms with E-state index in [0.29, 0.717) is 12.0 Å². The first-order chi connectivity index (χ1) is 9.15. The highest BCUT2D eigenvalue weighted by Gasteiger charge is 2.26. The summed E-state index contributed by atoms with van der Waals surface area (Å²) in [6.07, 6.45) is 2.71. The van der Waals surface area contributed by atoms with E-state index in [2.05, 4.69) is 41.1 Å². The van der Waals surface area contributed by atoms with Crippen LogP contribution in [0.4, 0.5) is 0 Å². The molecule has 0 saturated carbocycles. The van der Waals surface area contributed by atoms with Gasteiger partial charge in [0.05, 0.1) is 18.8 Å². The second-order valence-corrected chi connectivity index (χ2v) is 5.37. The average molecular weight is 264 g/mol. The molecule has 1 fully saturated rings. The largest absolute Gasteiger partial charge is 0.493 e. The van der Waals surface area contributed by atoms with Crippen LogP contribution in [0.3, 0.4) is 0 Å². The molecule has 5 nitrogen and oxygen atoms in total. The summed E-state index contributed by atoms with van der Waals surface area (Å²) in [5.41, 5.74) is 2.02. The summed E-state index contributed by atoms with van der Waals surface area (Å²) in [6.45, 7) is 7.32. The fourth-order valence-corrected chi connectivity index (χ4v) is 2.60. The number of likely N-dealkylation sites (N-methyl/N-ethyl adjacent to an activating group) is 1. The smallest absolute Gasteiger partial charge is 0.163 e. The van der Waals surface area contributed by atoms with Crippen LogP contribution in [0.1, 0.15) is 43.6 Å². The maximum atomic E-state index is 5.61. The van der Waals surface area contributed by atoms with Gasteiger partial charge in [0.15, 0.2) is 5.75 Å². The monoisotopic (exact) mass is 264 g/mol. The average Bonchev–Trinajstić information content (AvgIpc) is 2.62. The first-order valence-electron chi connectivity index (χ1n) is 6.95. The van der Waals surface area contributed by atoms with Gasteiger partial charge in [-0.05, 0) is 25.9 Å². The van der Waals surface area contributed by atoms with Gasteiger partial charge in [-0.1, -0.05) is 13.8 Å². The van der Waals surface area contributed by atoms with Crippen LogP contribution < -0.4 is 10.1 Å². The van der Waals surface area contributed by atoms with E-state index in [1.807, 2.05) is 0 Å². The van der Waals surface area contributed by atoms with E-state index in [4.69, 9.17) is 4.74 Å². The van der Waals surface area contributed by atoms with Crippen LogP contribution in [0.2, 0.25) is 0 Å². The van der Waals surface area contributed by atoms with Crippen molar-refractivity contribution in [2.24, 2.45) is 0 Å². The number of hydrogen-bond donors (Lipinski definition) is 1. The van der Waals surface area contributed by atoms with E-state index in [1.54, 1.807) is 13.4 Å². The summed E-state index contributed by atoms with van der Waals surface area (Å²) in [7, 11) is 3.86. The van der Waals surface area contributed by atoms with E-state index in [-0.39, 0.29) is 0 Å². The molecule has 1 N–H and O–H groups in total. The fraction of sp³-hybridized carbons (Fsp3) is 0.714. The lowest BCUT2D eigenvalue weighted by atomic mass is 10.0. The van der Waals surface area contributed by atoms with Crippen molar-refractivity contribution in [1.82, 2.24) is 20.2 Å². The third-order valence-corrected chi connectivity index (χ3v) is 3.69. The molecule has 2 rings (SSSR count). The molecule has 5 heteroatoms. The summed E-state index contributed by atoms with van der Waals surface area (Å²) < 4.78 is 5.61. The van der Waals surface area contributed by atoms with Gasteiger partial charge >= 0.3 is 0 Å². The van der Waals surface area contributed by atoms with E-state index < -0.39 is 0 Å². The van der Waals surface area contributed by atoms with Gasteiger partial charge < -0.3 is 10.1 Å². The zero-order valence-corrected chi connectivity index (χ0v) is 12.3.